The molecule has 0 aliphatic carbocycles. The first-order valence-corrected chi connectivity index (χ1v) is 6.25. The molecular weight excluding hydrogens is 345 g/mol. The Balaban J connectivity index is 2.94. The van der Waals surface area contributed by atoms with Crippen LogP contribution in [-0.2, 0) is 15.7 Å². The van der Waals surface area contributed by atoms with E-state index in [1.807, 2.05) is 0 Å². The molecule has 0 fully saturated rings. The van der Waals surface area contributed by atoms with Crippen molar-refractivity contribution in [3.8, 4) is 0 Å². The molecular formula is C12H12BrF3O4. The van der Waals surface area contributed by atoms with E-state index in [4.69, 9.17) is 0 Å². The number of rotatable bonds is 4. The van der Waals surface area contributed by atoms with Crippen LogP contribution in [0.4, 0.5) is 13.2 Å². The SMILES string of the molecule is COC(=O)CC(O)C(O)c1ccc(C(F)(F)F)cc1Br. The minimum Gasteiger partial charge on any atom is -0.469 e. The summed E-state index contributed by atoms with van der Waals surface area (Å²) in [6.45, 7) is 0. The van der Waals surface area contributed by atoms with Crippen LogP contribution < -0.4 is 0 Å². The number of methoxy groups -OCH3 is 1. The van der Waals surface area contributed by atoms with Crippen LogP contribution >= 0.6 is 15.9 Å². The van der Waals surface area contributed by atoms with E-state index in [1.54, 1.807) is 0 Å². The molecule has 20 heavy (non-hydrogen) atoms. The first kappa shape index (κ1) is 16.9. The third kappa shape index (κ3) is 4.19. The summed E-state index contributed by atoms with van der Waals surface area (Å²) < 4.78 is 41.8. The lowest BCUT2D eigenvalue weighted by Crippen LogP contribution is -2.23. The average molecular weight is 357 g/mol. The van der Waals surface area contributed by atoms with Gasteiger partial charge in [-0.2, -0.15) is 13.2 Å². The molecule has 1 aromatic rings. The monoisotopic (exact) mass is 356 g/mol. The molecule has 1 aromatic carbocycles. The minimum absolute atomic E-state index is 0.0104. The molecule has 2 N–H and O–H groups in total. The number of benzene rings is 1. The van der Waals surface area contributed by atoms with Crippen LogP contribution in [0, 0.1) is 0 Å². The highest BCUT2D eigenvalue weighted by molar-refractivity contribution is 9.10. The number of esters is 1. The van der Waals surface area contributed by atoms with Crippen molar-refractivity contribution >= 4 is 21.9 Å². The van der Waals surface area contributed by atoms with Gasteiger partial charge in [-0.15, -0.1) is 0 Å². The summed E-state index contributed by atoms with van der Waals surface area (Å²) in [5, 5.41) is 19.5. The van der Waals surface area contributed by atoms with E-state index in [9.17, 15) is 28.2 Å². The van der Waals surface area contributed by atoms with Crippen molar-refractivity contribution in [3.63, 3.8) is 0 Å². The molecule has 0 saturated carbocycles. The summed E-state index contributed by atoms with van der Waals surface area (Å²) in [6.07, 6.45) is -7.96. The predicted molar refractivity (Wildman–Crippen MR) is 66.7 cm³/mol. The van der Waals surface area contributed by atoms with E-state index in [2.05, 4.69) is 20.7 Å². The van der Waals surface area contributed by atoms with Crippen molar-refractivity contribution in [1.82, 2.24) is 0 Å². The minimum atomic E-state index is -4.50. The second-order valence-electron chi connectivity index (χ2n) is 4.03. The van der Waals surface area contributed by atoms with Crippen LogP contribution in [0.2, 0.25) is 0 Å². The predicted octanol–water partition coefficient (Wildman–Crippen LogP) is 2.43. The van der Waals surface area contributed by atoms with Gasteiger partial charge in [0.15, 0.2) is 0 Å². The topological polar surface area (TPSA) is 66.8 Å². The van der Waals surface area contributed by atoms with Gasteiger partial charge in [-0.3, -0.25) is 4.79 Å². The molecule has 0 amide bonds. The number of hydrogen-bond donors (Lipinski definition) is 2. The molecule has 0 spiro atoms. The van der Waals surface area contributed by atoms with Crippen LogP contribution in [0.25, 0.3) is 0 Å². The molecule has 8 heteroatoms. The molecule has 0 aliphatic rings. The number of alkyl halides is 3. The van der Waals surface area contributed by atoms with Crippen molar-refractivity contribution in [1.29, 1.82) is 0 Å². The van der Waals surface area contributed by atoms with Gasteiger partial charge in [-0.25, -0.2) is 0 Å². The fourth-order valence-electron chi connectivity index (χ4n) is 1.52. The molecule has 2 atom stereocenters. The Labute approximate surface area is 121 Å². The Kier molecular flexibility index (Phi) is 5.55. The quantitative estimate of drug-likeness (QED) is 0.813. The molecule has 1 rings (SSSR count). The van der Waals surface area contributed by atoms with E-state index in [-0.39, 0.29) is 10.0 Å². The van der Waals surface area contributed by atoms with Crippen LogP contribution in [0.5, 0.6) is 0 Å². The number of carbonyl (C=O) groups excluding carboxylic acids is 1. The molecule has 0 aromatic heterocycles. The van der Waals surface area contributed by atoms with Crippen molar-refractivity contribution in [3.05, 3.63) is 33.8 Å². The molecule has 0 heterocycles. The number of ether oxygens (including phenoxy) is 1. The van der Waals surface area contributed by atoms with E-state index < -0.39 is 36.3 Å². The summed E-state index contributed by atoms with van der Waals surface area (Å²) in [5.74, 6) is -0.736. The Hall–Kier alpha value is -1.12. The van der Waals surface area contributed by atoms with E-state index in [1.165, 1.54) is 0 Å². The summed E-state index contributed by atoms with van der Waals surface area (Å²) in [5.41, 5.74) is -0.836. The van der Waals surface area contributed by atoms with Gasteiger partial charge in [0, 0.05) is 4.47 Å². The summed E-state index contributed by atoms with van der Waals surface area (Å²) in [7, 11) is 1.12. The van der Waals surface area contributed by atoms with Gasteiger partial charge in [-0.05, 0) is 17.7 Å². The van der Waals surface area contributed by atoms with Crippen molar-refractivity contribution in [2.75, 3.05) is 7.11 Å². The number of halogens is 4. The third-order valence-electron chi connectivity index (χ3n) is 2.61. The van der Waals surface area contributed by atoms with Gasteiger partial charge < -0.3 is 14.9 Å². The Morgan fingerprint density at radius 3 is 2.45 bits per heavy atom. The van der Waals surface area contributed by atoms with Crippen LogP contribution in [0.3, 0.4) is 0 Å². The first-order valence-electron chi connectivity index (χ1n) is 5.46. The molecule has 0 saturated heterocycles. The molecule has 0 aliphatic heterocycles. The normalized spacial score (nSPS) is 14.8. The summed E-state index contributed by atoms with van der Waals surface area (Å²) in [4.78, 5) is 11.0. The lowest BCUT2D eigenvalue weighted by molar-refractivity contribution is -0.144. The van der Waals surface area contributed by atoms with Gasteiger partial charge in [0.05, 0.1) is 25.2 Å². The lowest BCUT2D eigenvalue weighted by atomic mass is 10.0. The maximum absolute atomic E-state index is 12.5. The zero-order chi connectivity index (χ0) is 15.5. The first-order chi connectivity index (χ1) is 9.16. The van der Waals surface area contributed by atoms with E-state index >= 15 is 0 Å². The van der Waals surface area contributed by atoms with Crippen LogP contribution in [0.15, 0.2) is 22.7 Å². The van der Waals surface area contributed by atoms with Gasteiger partial charge in [-0.1, -0.05) is 22.0 Å². The fraction of sp³-hybridized carbons (Fsp3) is 0.417. The van der Waals surface area contributed by atoms with E-state index in [0.717, 1.165) is 25.3 Å². The Bertz CT molecular complexity index is 490. The molecule has 2 unspecified atom stereocenters. The maximum atomic E-state index is 12.5. The second-order valence-corrected chi connectivity index (χ2v) is 4.88. The third-order valence-corrected chi connectivity index (χ3v) is 3.30. The Morgan fingerprint density at radius 1 is 1.40 bits per heavy atom. The Morgan fingerprint density at radius 2 is 2.00 bits per heavy atom. The number of aliphatic hydroxyl groups is 2. The van der Waals surface area contributed by atoms with E-state index in [0.29, 0.717) is 0 Å². The molecule has 0 radical (unpaired) electrons. The standard InChI is InChI=1S/C12H12BrF3O4/c1-20-10(18)5-9(17)11(19)7-3-2-6(4-8(7)13)12(14,15)16/h2-4,9,11,17,19H,5H2,1H3. The number of aliphatic hydroxyl groups excluding tert-OH is 2. The largest absolute Gasteiger partial charge is 0.469 e. The smallest absolute Gasteiger partial charge is 0.416 e. The fourth-order valence-corrected chi connectivity index (χ4v) is 2.13. The maximum Gasteiger partial charge on any atom is 0.416 e. The molecule has 4 nitrogen and oxygen atoms in total. The average Bonchev–Trinajstić information content (AvgIpc) is 2.36. The molecule has 0 bridgehead atoms. The van der Waals surface area contributed by atoms with Crippen molar-refractivity contribution in [2.24, 2.45) is 0 Å². The van der Waals surface area contributed by atoms with Crippen LogP contribution in [0.1, 0.15) is 23.7 Å². The molecule has 112 valence electrons. The van der Waals surface area contributed by atoms with Crippen molar-refractivity contribution < 1.29 is 32.9 Å². The number of hydrogen-bond acceptors (Lipinski definition) is 4. The summed E-state index contributed by atoms with van der Waals surface area (Å²) in [6, 6.07) is 2.62. The zero-order valence-corrected chi connectivity index (χ0v) is 11.9. The lowest BCUT2D eigenvalue weighted by Gasteiger charge is -2.19. The highest BCUT2D eigenvalue weighted by Gasteiger charge is 2.32. The number of carbonyl (C=O) groups is 1. The highest BCUT2D eigenvalue weighted by atomic mass is 79.9. The highest BCUT2D eigenvalue weighted by Crippen LogP contribution is 2.34. The van der Waals surface area contributed by atoms with Gasteiger partial charge in [0.1, 0.15) is 6.10 Å². The summed E-state index contributed by atoms with van der Waals surface area (Å²) >= 11 is 2.90. The van der Waals surface area contributed by atoms with Crippen LogP contribution in [-0.4, -0.2) is 29.4 Å². The van der Waals surface area contributed by atoms with Gasteiger partial charge in [0.2, 0.25) is 0 Å². The second kappa shape index (κ2) is 6.55. The van der Waals surface area contributed by atoms with Crippen molar-refractivity contribution in [2.45, 2.75) is 24.8 Å². The van der Waals surface area contributed by atoms with Gasteiger partial charge in [0.25, 0.3) is 0 Å². The van der Waals surface area contributed by atoms with Gasteiger partial charge >= 0.3 is 12.1 Å². The zero-order valence-electron chi connectivity index (χ0n) is 10.3.